The van der Waals surface area contributed by atoms with E-state index in [9.17, 15) is 18.0 Å². The van der Waals surface area contributed by atoms with Crippen LogP contribution in [-0.2, 0) is 17.6 Å². The van der Waals surface area contributed by atoms with Crippen LogP contribution in [0.3, 0.4) is 0 Å². The third kappa shape index (κ3) is 5.56. The van der Waals surface area contributed by atoms with Gasteiger partial charge in [-0.3, -0.25) is 4.90 Å². The molecule has 0 amide bonds. The molecule has 0 spiro atoms. The fraction of sp³-hybridized carbons (Fsp3) is 0.464. The predicted octanol–water partition coefficient (Wildman–Crippen LogP) is 6.53. The molecule has 2 heterocycles. The van der Waals surface area contributed by atoms with Crippen LogP contribution < -0.4 is 0 Å². The highest BCUT2D eigenvalue weighted by atomic mass is 19.4. The highest BCUT2D eigenvalue weighted by Crippen LogP contribution is 2.45. The van der Waals surface area contributed by atoms with Gasteiger partial charge in [-0.15, -0.1) is 0 Å². The molecule has 0 saturated heterocycles. The number of alkyl halides is 3. The molecule has 0 fully saturated rings. The van der Waals surface area contributed by atoms with E-state index in [-0.39, 0.29) is 37.1 Å². The highest BCUT2D eigenvalue weighted by Gasteiger charge is 2.45. The monoisotopic (exact) mass is 538 g/mol. The Hall–Kier alpha value is -2.98. The van der Waals surface area contributed by atoms with E-state index in [4.69, 9.17) is 9.84 Å². The van der Waals surface area contributed by atoms with Crippen LogP contribution >= 0.6 is 0 Å². The molecule has 0 radical (unpaired) electrons. The van der Waals surface area contributed by atoms with Crippen molar-refractivity contribution in [3.8, 4) is 0 Å². The molecule has 2 aromatic carbocycles. The Morgan fingerprint density at radius 1 is 1.11 bits per heavy atom. The van der Waals surface area contributed by atoms with Crippen molar-refractivity contribution in [3.63, 3.8) is 0 Å². The maximum atomic E-state index is 15.7. The van der Waals surface area contributed by atoms with Gasteiger partial charge in [-0.1, -0.05) is 18.2 Å². The molecule has 0 aliphatic carbocycles. The molecule has 2 atom stereocenters. The molecule has 5 nitrogen and oxygen atoms in total. The number of halogens is 5. The summed E-state index contributed by atoms with van der Waals surface area (Å²) in [6, 6.07) is 6.65. The van der Waals surface area contributed by atoms with Crippen molar-refractivity contribution in [2.45, 2.75) is 70.8 Å². The third-order valence-electron chi connectivity index (χ3n) is 6.65. The minimum absolute atomic E-state index is 0.0590. The number of aryl methyl sites for hydroxylation is 1. The number of hydrogen-bond donors (Lipinski definition) is 1. The topological polar surface area (TPSA) is 54.7 Å². The SMILES string of the molecule is CC1Cc2c(n(C(=O)OC(C)(C)C)c3ccccc23)[C@@H](c2c(F)cc(CCCO)cc2F)N1CC(F)(F)F. The van der Waals surface area contributed by atoms with E-state index >= 15 is 8.78 Å². The summed E-state index contributed by atoms with van der Waals surface area (Å²) in [5.74, 6) is -2.03. The van der Waals surface area contributed by atoms with Gasteiger partial charge in [-0.25, -0.2) is 18.1 Å². The van der Waals surface area contributed by atoms with Crippen molar-refractivity contribution >= 4 is 17.0 Å². The lowest BCUT2D eigenvalue weighted by Gasteiger charge is -2.42. The van der Waals surface area contributed by atoms with Crippen molar-refractivity contribution in [2.75, 3.05) is 13.2 Å². The van der Waals surface area contributed by atoms with Crippen LogP contribution in [0, 0.1) is 11.6 Å². The number of carbonyl (C=O) groups excluding carboxylic acids is 1. The van der Waals surface area contributed by atoms with Crippen LogP contribution in [0.2, 0.25) is 0 Å². The maximum Gasteiger partial charge on any atom is 0.419 e. The van der Waals surface area contributed by atoms with Crippen LogP contribution in [0.1, 0.15) is 62.5 Å². The van der Waals surface area contributed by atoms with Gasteiger partial charge in [0.15, 0.2) is 0 Å². The Bertz CT molecular complexity index is 1320. The van der Waals surface area contributed by atoms with Crippen LogP contribution in [0.15, 0.2) is 36.4 Å². The Morgan fingerprint density at radius 3 is 2.32 bits per heavy atom. The number of nitrogens with zero attached hydrogens (tertiary/aromatic N) is 2. The van der Waals surface area contributed by atoms with Gasteiger partial charge in [-0.05, 0) is 76.3 Å². The number of ether oxygens (including phenoxy) is 1. The molecular weight excluding hydrogens is 507 g/mol. The van der Waals surface area contributed by atoms with Crippen LogP contribution in [0.5, 0.6) is 0 Å². The molecule has 0 bridgehead atoms. The molecule has 1 unspecified atom stereocenters. The van der Waals surface area contributed by atoms with E-state index in [1.165, 1.54) is 0 Å². The Kier molecular flexibility index (Phi) is 7.60. The number of carbonyl (C=O) groups is 1. The van der Waals surface area contributed by atoms with E-state index in [1.807, 2.05) is 0 Å². The van der Waals surface area contributed by atoms with E-state index < -0.39 is 53.7 Å². The smallest absolute Gasteiger partial charge is 0.419 e. The third-order valence-corrected chi connectivity index (χ3v) is 6.65. The first-order valence-corrected chi connectivity index (χ1v) is 12.5. The summed E-state index contributed by atoms with van der Waals surface area (Å²) in [5, 5.41) is 9.70. The number of para-hydroxylation sites is 1. The van der Waals surface area contributed by atoms with Crippen LogP contribution in [0.25, 0.3) is 10.9 Å². The van der Waals surface area contributed by atoms with E-state index in [2.05, 4.69) is 0 Å². The summed E-state index contributed by atoms with van der Waals surface area (Å²) in [4.78, 5) is 14.5. The normalized spacial score (nSPS) is 18.6. The molecule has 38 heavy (non-hydrogen) atoms. The highest BCUT2D eigenvalue weighted by molar-refractivity contribution is 5.94. The number of aromatic nitrogens is 1. The Labute approximate surface area is 217 Å². The van der Waals surface area contributed by atoms with Gasteiger partial charge in [0, 0.05) is 23.6 Å². The predicted molar refractivity (Wildman–Crippen MR) is 133 cm³/mol. The zero-order valence-electron chi connectivity index (χ0n) is 21.7. The molecule has 0 saturated carbocycles. The van der Waals surface area contributed by atoms with Crippen molar-refractivity contribution in [2.24, 2.45) is 0 Å². The number of fused-ring (bicyclic) bond motifs is 3. The lowest BCUT2D eigenvalue weighted by Crippen LogP contribution is -2.48. The first-order valence-electron chi connectivity index (χ1n) is 12.5. The minimum Gasteiger partial charge on any atom is -0.443 e. The van der Waals surface area contributed by atoms with E-state index in [0.717, 1.165) is 21.6 Å². The van der Waals surface area contributed by atoms with Gasteiger partial charge >= 0.3 is 12.3 Å². The van der Waals surface area contributed by atoms with Gasteiger partial charge < -0.3 is 9.84 Å². The van der Waals surface area contributed by atoms with E-state index in [1.54, 1.807) is 52.0 Å². The van der Waals surface area contributed by atoms with Crippen molar-refractivity contribution in [1.29, 1.82) is 0 Å². The van der Waals surface area contributed by atoms with Crippen molar-refractivity contribution in [3.05, 3.63) is 70.4 Å². The van der Waals surface area contributed by atoms with Gasteiger partial charge in [0.25, 0.3) is 0 Å². The first-order chi connectivity index (χ1) is 17.7. The fourth-order valence-electron chi connectivity index (χ4n) is 5.24. The average molecular weight is 539 g/mol. The van der Waals surface area contributed by atoms with Crippen molar-refractivity contribution < 1.29 is 36.6 Å². The molecule has 1 aromatic heterocycles. The number of aliphatic hydroxyl groups is 1. The summed E-state index contributed by atoms with van der Waals surface area (Å²) in [5.41, 5.74) is -0.227. The van der Waals surface area contributed by atoms with Gasteiger partial charge in [0.1, 0.15) is 17.2 Å². The number of benzene rings is 2. The summed E-state index contributed by atoms with van der Waals surface area (Å²) in [7, 11) is 0. The fourth-order valence-corrected chi connectivity index (χ4v) is 5.24. The van der Waals surface area contributed by atoms with Crippen LogP contribution in [-0.4, -0.2) is 51.6 Å². The number of hydrogen-bond acceptors (Lipinski definition) is 4. The van der Waals surface area contributed by atoms with Gasteiger partial charge in [-0.2, -0.15) is 13.2 Å². The molecule has 10 heteroatoms. The maximum absolute atomic E-state index is 15.7. The summed E-state index contributed by atoms with van der Waals surface area (Å²) in [6.45, 7) is 4.94. The zero-order chi connectivity index (χ0) is 28.0. The second-order valence-electron chi connectivity index (χ2n) is 10.7. The lowest BCUT2D eigenvalue weighted by atomic mass is 9.87. The molecule has 1 aliphatic rings. The molecule has 1 N–H and O–H groups in total. The van der Waals surface area contributed by atoms with Gasteiger partial charge in [0.05, 0.1) is 23.8 Å². The molecule has 3 aromatic rings. The minimum atomic E-state index is -4.67. The van der Waals surface area contributed by atoms with Crippen LogP contribution in [0.4, 0.5) is 26.7 Å². The average Bonchev–Trinajstić information content (AvgIpc) is 3.11. The molecule has 206 valence electrons. The number of rotatable bonds is 5. The second-order valence-corrected chi connectivity index (χ2v) is 10.7. The number of aliphatic hydroxyl groups excluding tert-OH is 1. The Balaban J connectivity index is 2.03. The zero-order valence-corrected chi connectivity index (χ0v) is 21.7. The summed E-state index contributed by atoms with van der Waals surface area (Å²) >= 11 is 0. The van der Waals surface area contributed by atoms with Gasteiger partial charge in [0.2, 0.25) is 0 Å². The first kappa shape index (κ1) is 28.0. The lowest BCUT2D eigenvalue weighted by molar-refractivity contribution is -0.155. The molecule has 4 rings (SSSR count). The molecular formula is C28H31F5N2O3. The largest absolute Gasteiger partial charge is 0.443 e. The molecule has 1 aliphatic heterocycles. The summed E-state index contributed by atoms with van der Waals surface area (Å²) in [6.07, 6.45) is -4.91. The van der Waals surface area contributed by atoms with Crippen molar-refractivity contribution in [1.82, 2.24) is 9.47 Å². The second kappa shape index (κ2) is 10.3. The summed E-state index contributed by atoms with van der Waals surface area (Å²) < 4.78 is 79.6. The standard InChI is InChI=1S/C28H31F5N2O3/c1-16-12-19-18-9-5-6-10-22(18)35(26(37)38-27(2,3)4)24(19)25(34(16)15-28(31,32)33)23-20(29)13-17(8-7-11-36)14-21(23)30/h5-6,9-10,13-14,16,25,36H,7-8,11-12,15H2,1-4H3/t16?,25-/m1/s1. The quantitative estimate of drug-likeness (QED) is 0.376. The Morgan fingerprint density at radius 2 is 1.74 bits per heavy atom. The van der Waals surface area contributed by atoms with E-state index in [0.29, 0.717) is 16.5 Å².